The minimum atomic E-state index is -0.403. The summed E-state index contributed by atoms with van der Waals surface area (Å²) >= 11 is 0. The molecule has 0 aliphatic heterocycles. The Hall–Kier alpha value is -0.410. The fraction of sp³-hybridized carbons (Fsp3) is 0.889. The maximum absolute atomic E-state index is 10.6. The normalized spacial score (nSPS) is 12.9. The standard InChI is InChI=1S/C7H16N2O.C2H6/c1-5(10)6(8)4-7(2,3)9;1-2/h6H,4,8-9H2,1-3H3;1-2H3. The molecule has 74 valence electrons. The van der Waals surface area contributed by atoms with Crippen molar-refractivity contribution < 1.29 is 4.79 Å². The maximum atomic E-state index is 10.6. The lowest BCUT2D eigenvalue weighted by Crippen LogP contribution is -2.42. The van der Waals surface area contributed by atoms with Gasteiger partial charge in [0.05, 0.1) is 6.04 Å². The third-order valence-electron chi connectivity index (χ3n) is 1.27. The smallest absolute Gasteiger partial charge is 0.146 e. The molecule has 3 nitrogen and oxygen atoms in total. The van der Waals surface area contributed by atoms with Crippen molar-refractivity contribution in [2.24, 2.45) is 11.5 Å². The first kappa shape index (κ1) is 14.1. The third-order valence-corrected chi connectivity index (χ3v) is 1.27. The van der Waals surface area contributed by atoms with Crippen LogP contribution in [0.2, 0.25) is 0 Å². The van der Waals surface area contributed by atoms with Crippen molar-refractivity contribution >= 4 is 5.78 Å². The number of hydrogen-bond donors (Lipinski definition) is 2. The van der Waals surface area contributed by atoms with Crippen LogP contribution >= 0.6 is 0 Å². The molecule has 0 saturated carbocycles. The molecule has 0 aromatic rings. The molecule has 3 heteroatoms. The molecule has 0 aromatic heterocycles. The van der Waals surface area contributed by atoms with E-state index in [0.29, 0.717) is 6.42 Å². The Morgan fingerprint density at radius 2 is 1.75 bits per heavy atom. The van der Waals surface area contributed by atoms with Gasteiger partial charge >= 0.3 is 0 Å². The highest BCUT2D eigenvalue weighted by Gasteiger charge is 2.18. The second-order valence-electron chi connectivity index (χ2n) is 3.41. The van der Waals surface area contributed by atoms with Crippen molar-refractivity contribution in [1.82, 2.24) is 0 Å². The Balaban J connectivity index is 0. The summed E-state index contributed by atoms with van der Waals surface area (Å²) in [6, 6.07) is -0.403. The molecule has 0 fully saturated rings. The average molecular weight is 174 g/mol. The van der Waals surface area contributed by atoms with Gasteiger partial charge in [-0.1, -0.05) is 13.8 Å². The van der Waals surface area contributed by atoms with Crippen molar-refractivity contribution in [2.75, 3.05) is 0 Å². The van der Waals surface area contributed by atoms with Gasteiger partial charge in [0, 0.05) is 5.54 Å². The third kappa shape index (κ3) is 9.59. The van der Waals surface area contributed by atoms with Gasteiger partial charge in [0.25, 0.3) is 0 Å². The summed E-state index contributed by atoms with van der Waals surface area (Å²) in [6.45, 7) is 9.20. The van der Waals surface area contributed by atoms with Crippen molar-refractivity contribution in [1.29, 1.82) is 0 Å². The van der Waals surface area contributed by atoms with Crippen LogP contribution in [0.1, 0.15) is 41.0 Å². The number of rotatable bonds is 3. The molecule has 0 heterocycles. The molecule has 0 spiro atoms. The zero-order valence-corrected chi connectivity index (χ0v) is 8.85. The van der Waals surface area contributed by atoms with E-state index in [1.54, 1.807) is 0 Å². The summed E-state index contributed by atoms with van der Waals surface area (Å²) in [5.41, 5.74) is 10.8. The number of ketones is 1. The average Bonchev–Trinajstić information content (AvgIpc) is 1.88. The lowest BCUT2D eigenvalue weighted by Gasteiger charge is -2.21. The number of carbonyl (C=O) groups excluding carboxylic acids is 1. The number of hydrogen-bond acceptors (Lipinski definition) is 3. The topological polar surface area (TPSA) is 69.1 Å². The van der Waals surface area contributed by atoms with Crippen LogP contribution in [0.15, 0.2) is 0 Å². The first-order chi connectivity index (χ1) is 5.33. The van der Waals surface area contributed by atoms with E-state index in [2.05, 4.69) is 0 Å². The van der Waals surface area contributed by atoms with Crippen LogP contribution in [0.3, 0.4) is 0 Å². The molecule has 12 heavy (non-hydrogen) atoms. The molecule has 4 N–H and O–H groups in total. The van der Waals surface area contributed by atoms with Crippen LogP contribution < -0.4 is 11.5 Å². The summed E-state index contributed by atoms with van der Waals surface area (Å²) in [7, 11) is 0. The second-order valence-corrected chi connectivity index (χ2v) is 3.41. The van der Waals surface area contributed by atoms with Crippen molar-refractivity contribution in [3.8, 4) is 0 Å². The van der Waals surface area contributed by atoms with Crippen LogP contribution in [0.4, 0.5) is 0 Å². The monoisotopic (exact) mass is 174 g/mol. The minimum absolute atomic E-state index is 0.00137. The van der Waals surface area contributed by atoms with Gasteiger partial charge in [-0.15, -0.1) is 0 Å². The molecule has 0 aromatic carbocycles. The molecule has 0 saturated heterocycles. The van der Waals surface area contributed by atoms with Gasteiger partial charge in [0.2, 0.25) is 0 Å². The van der Waals surface area contributed by atoms with Crippen LogP contribution in [-0.2, 0) is 4.79 Å². The summed E-state index contributed by atoms with van der Waals surface area (Å²) < 4.78 is 0. The van der Waals surface area contributed by atoms with Crippen LogP contribution in [0, 0.1) is 0 Å². The van der Waals surface area contributed by atoms with Gasteiger partial charge in [-0.3, -0.25) is 4.79 Å². The van der Waals surface area contributed by atoms with E-state index in [4.69, 9.17) is 11.5 Å². The molecular formula is C9H22N2O. The summed E-state index contributed by atoms with van der Waals surface area (Å²) in [5, 5.41) is 0. The largest absolute Gasteiger partial charge is 0.325 e. The quantitative estimate of drug-likeness (QED) is 0.672. The van der Waals surface area contributed by atoms with Crippen LogP contribution in [0.5, 0.6) is 0 Å². The Morgan fingerprint density at radius 3 is 1.83 bits per heavy atom. The molecule has 0 rings (SSSR count). The zero-order chi connectivity index (χ0) is 10.4. The highest BCUT2D eigenvalue weighted by atomic mass is 16.1. The molecule has 0 radical (unpaired) electrons. The lowest BCUT2D eigenvalue weighted by atomic mass is 9.95. The Kier molecular flexibility index (Phi) is 7.24. The van der Waals surface area contributed by atoms with Crippen molar-refractivity contribution in [3.05, 3.63) is 0 Å². The van der Waals surface area contributed by atoms with Gasteiger partial charge in [-0.05, 0) is 27.2 Å². The summed E-state index contributed by atoms with van der Waals surface area (Å²) in [5.74, 6) is -0.00137. The lowest BCUT2D eigenvalue weighted by molar-refractivity contribution is -0.118. The number of Topliss-reactive ketones (excluding diaryl/α,β-unsaturated/α-hetero) is 1. The SMILES string of the molecule is CC.CC(=O)C(N)CC(C)(C)N. The van der Waals surface area contributed by atoms with Gasteiger partial charge in [-0.25, -0.2) is 0 Å². The fourth-order valence-electron chi connectivity index (χ4n) is 0.711. The van der Waals surface area contributed by atoms with Crippen LogP contribution in [-0.4, -0.2) is 17.4 Å². The van der Waals surface area contributed by atoms with E-state index in [9.17, 15) is 4.79 Å². The molecular weight excluding hydrogens is 152 g/mol. The van der Waals surface area contributed by atoms with E-state index < -0.39 is 6.04 Å². The summed E-state index contributed by atoms with van der Waals surface area (Å²) in [4.78, 5) is 10.6. The van der Waals surface area contributed by atoms with Gasteiger partial charge in [-0.2, -0.15) is 0 Å². The van der Waals surface area contributed by atoms with E-state index in [1.165, 1.54) is 6.92 Å². The first-order valence-corrected chi connectivity index (χ1v) is 4.38. The molecule has 0 aliphatic rings. The predicted octanol–water partition coefficient (Wildman–Crippen LogP) is 1.06. The Bertz CT molecular complexity index is 127. The molecule has 1 atom stereocenters. The zero-order valence-electron chi connectivity index (χ0n) is 8.85. The van der Waals surface area contributed by atoms with Gasteiger partial charge in [0.15, 0.2) is 0 Å². The molecule has 1 unspecified atom stereocenters. The van der Waals surface area contributed by atoms with E-state index >= 15 is 0 Å². The minimum Gasteiger partial charge on any atom is -0.325 e. The van der Waals surface area contributed by atoms with Crippen LogP contribution in [0.25, 0.3) is 0 Å². The van der Waals surface area contributed by atoms with E-state index in [1.807, 2.05) is 27.7 Å². The maximum Gasteiger partial charge on any atom is 0.146 e. The van der Waals surface area contributed by atoms with Crippen molar-refractivity contribution in [3.63, 3.8) is 0 Å². The molecule has 0 aliphatic carbocycles. The Morgan fingerprint density at radius 1 is 1.42 bits per heavy atom. The highest BCUT2D eigenvalue weighted by Crippen LogP contribution is 2.06. The van der Waals surface area contributed by atoms with Gasteiger partial charge < -0.3 is 11.5 Å². The number of nitrogens with two attached hydrogens (primary N) is 2. The number of carbonyl (C=O) groups is 1. The highest BCUT2D eigenvalue weighted by molar-refractivity contribution is 5.81. The van der Waals surface area contributed by atoms with Gasteiger partial charge in [0.1, 0.15) is 5.78 Å². The fourth-order valence-corrected chi connectivity index (χ4v) is 0.711. The van der Waals surface area contributed by atoms with E-state index in [-0.39, 0.29) is 11.3 Å². The summed E-state index contributed by atoms with van der Waals surface area (Å²) in [6.07, 6.45) is 0.544. The van der Waals surface area contributed by atoms with Crippen molar-refractivity contribution in [2.45, 2.75) is 52.6 Å². The predicted molar refractivity (Wildman–Crippen MR) is 52.9 cm³/mol. The molecule has 0 bridgehead atoms. The van der Waals surface area contributed by atoms with E-state index in [0.717, 1.165) is 0 Å². The Labute approximate surface area is 75.5 Å². The first-order valence-electron chi connectivity index (χ1n) is 4.38. The second kappa shape index (κ2) is 6.14. The molecule has 0 amide bonds.